The highest BCUT2D eigenvalue weighted by Crippen LogP contribution is 2.14. The lowest BCUT2D eigenvalue weighted by molar-refractivity contribution is -0.154. The van der Waals surface area contributed by atoms with Gasteiger partial charge in [-0.3, -0.25) is 9.59 Å². The first-order valence-corrected chi connectivity index (χ1v) is 9.17. The number of amides is 1. The van der Waals surface area contributed by atoms with Gasteiger partial charge in [-0.2, -0.15) is 4.31 Å². The van der Waals surface area contributed by atoms with E-state index < -0.39 is 40.4 Å². The number of esters is 1. The molecule has 1 aromatic rings. The third-order valence-corrected chi connectivity index (χ3v) is 5.05. The third kappa shape index (κ3) is 6.43. The monoisotopic (exact) mass is 374 g/mol. The minimum absolute atomic E-state index is 0.146. The molecular formula is C16H23FN2O5S. The summed E-state index contributed by atoms with van der Waals surface area (Å²) in [4.78, 5) is 23.5. The summed E-state index contributed by atoms with van der Waals surface area (Å²) in [5.41, 5.74) is 0. The number of hydrogen-bond acceptors (Lipinski definition) is 5. The second-order valence-electron chi connectivity index (χ2n) is 5.99. The van der Waals surface area contributed by atoms with Crippen LogP contribution >= 0.6 is 0 Å². The van der Waals surface area contributed by atoms with E-state index in [4.69, 9.17) is 4.74 Å². The van der Waals surface area contributed by atoms with E-state index in [0.29, 0.717) is 6.54 Å². The number of sulfonamides is 1. The van der Waals surface area contributed by atoms with Crippen LogP contribution in [0, 0.1) is 11.7 Å². The van der Waals surface area contributed by atoms with E-state index in [-0.39, 0.29) is 10.8 Å². The molecule has 0 spiro atoms. The summed E-state index contributed by atoms with van der Waals surface area (Å²) in [5.74, 6) is -1.63. The maximum absolute atomic E-state index is 12.9. The Kier molecular flexibility index (Phi) is 7.50. The van der Waals surface area contributed by atoms with Gasteiger partial charge in [0.25, 0.3) is 5.91 Å². The summed E-state index contributed by atoms with van der Waals surface area (Å²) in [6, 6.07) is 4.24. The van der Waals surface area contributed by atoms with Gasteiger partial charge in [0, 0.05) is 13.6 Å². The van der Waals surface area contributed by atoms with Crippen LogP contribution in [0.5, 0.6) is 0 Å². The summed E-state index contributed by atoms with van der Waals surface area (Å²) in [6.07, 6.45) is -1.03. The van der Waals surface area contributed by atoms with Crippen molar-refractivity contribution in [3.05, 3.63) is 30.1 Å². The second kappa shape index (κ2) is 8.91. The largest absolute Gasteiger partial charge is 0.452 e. The van der Waals surface area contributed by atoms with Crippen LogP contribution in [0.3, 0.4) is 0 Å². The minimum atomic E-state index is -3.96. The predicted octanol–water partition coefficient (Wildman–Crippen LogP) is 1.15. The third-order valence-electron chi connectivity index (χ3n) is 3.24. The van der Waals surface area contributed by atoms with Crippen LogP contribution in [-0.4, -0.2) is 50.8 Å². The van der Waals surface area contributed by atoms with Crippen molar-refractivity contribution in [3.63, 3.8) is 0 Å². The van der Waals surface area contributed by atoms with Crippen molar-refractivity contribution in [3.8, 4) is 0 Å². The Labute approximate surface area is 147 Å². The number of nitrogens with one attached hydrogen (secondary N) is 1. The Balaban J connectivity index is 2.63. The number of hydrogen-bond donors (Lipinski definition) is 1. The van der Waals surface area contributed by atoms with E-state index in [1.807, 2.05) is 13.8 Å². The van der Waals surface area contributed by atoms with Crippen LogP contribution in [0.2, 0.25) is 0 Å². The summed E-state index contributed by atoms with van der Waals surface area (Å²) >= 11 is 0. The lowest BCUT2D eigenvalue weighted by atomic mass is 10.2. The molecule has 0 aromatic heterocycles. The molecule has 0 radical (unpaired) electrons. The highest BCUT2D eigenvalue weighted by atomic mass is 32.2. The Morgan fingerprint density at radius 2 is 1.76 bits per heavy atom. The first-order chi connectivity index (χ1) is 11.5. The van der Waals surface area contributed by atoms with Gasteiger partial charge < -0.3 is 10.1 Å². The molecule has 25 heavy (non-hydrogen) atoms. The number of likely N-dealkylation sites (N-methyl/N-ethyl adjacent to an activating group) is 1. The van der Waals surface area contributed by atoms with E-state index >= 15 is 0 Å². The highest BCUT2D eigenvalue weighted by molar-refractivity contribution is 7.89. The zero-order chi connectivity index (χ0) is 19.2. The molecule has 7 nitrogen and oxygen atoms in total. The van der Waals surface area contributed by atoms with Crippen LogP contribution in [0.15, 0.2) is 29.2 Å². The summed E-state index contributed by atoms with van der Waals surface area (Å²) < 4.78 is 43.2. The van der Waals surface area contributed by atoms with E-state index in [1.165, 1.54) is 14.0 Å². The van der Waals surface area contributed by atoms with Gasteiger partial charge in [-0.1, -0.05) is 13.8 Å². The molecular weight excluding hydrogens is 351 g/mol. The van der Waals surface area contributed by atoms with Crippen molar-refractivity contribution in [1.82, 2.24) is 9.62 Å². The van der Waals surface area contributed by atoms with E-state index in [9.17, 15) is 22.4 Å². The average Bonchev–Trinajstić information content (AvgIpc) is 2.52. The van der Waals surface area contributed by atoms with Crippen LogP contribution < -0.4 is 5.32 Å². The minimum Gasteiger partial charge on any atom is -0.452 e. The molecule has 0 aliphatic carbocycles. The average molecular weight is 374 g/mol. The number of halogens is 1. The molecule has 1 atom stereocenters. The first-order valence-electron chi connectivity index (χ1n) is 7.73. The van der Waals surface area contributed by atoms with Gasteiger partial charge in [0.1, 0.15) is 12.4 Å². The molecule has 0 aliphatic heterocycles. The molecule has 9 heteroatoms. The van der Waals surface area contributed by atoms with Gasteiger partial charge in [0.15, 0.2) is 6.10 Å². The fourth-order valence-corrected chi connectivity index (χ4v) is 2.90. The predicted molar refractivity (Wildman–Crippen MR) is 89.6 cm³/mol. The van der Waals surface area contributed by atoms with Crippen molar-refractivity contribution in [2.75, 3.05) is 20.1 Å². The molecule has 0 saturated heterocycles. The fourth-order valence-electron chi connectivity index (χ4n) is 1.79. The highest BCUT2D eigenvalue weighted by Gasteiger charge is 2.25. The van der Waals surface area contributed by atoms with E-state index in [1.54, 1.807) is 0 Å². The zero-order valence-corrected chi connectivity index (χ0v) is 15.5. The summed E-state index contributed by atoms with van der Waals surface area (Å²) in [7, 11) is -2.77. The Bertz CT molecular complexity index is 704. The molecule has 0 bridgehead atoms. The second-order valence-corrected chi connectivity index (χ2v) is 8.03. The normalized spacial score (nSPS) is 12.9. The van der Waals surface area contributed by atoms with Gasteiger partial charge in [-0.05, 0) is 37.1 Å². The topological polar surface area (TPSA) is 92.8 Å². The quantitative estimate of drug-likeness (QED) is 0.689. The van der Waals surface area contributed by atoms with Gasteiger partial charge >= 0.3 is 5.97 Å². The number of rotatable bonds is 8. The molecule has 0 unspecified atom stereocenters. The maximum Gasteiger partial charge on any atom is 0.322 e. The number of ether oxygens (including phenoxy) is 1. The summed E-state index contributed by atoms with van der Waals surface area (Å²) in [6.45, 7) is 5.13. The Morgan fingerprint density at radius 1 is 1.20 bits per heavy atom. The number of nitrogens with zero attached hydrogens (tertiary/aromatic N) is 1. The van der Waals surface area contributed by atoms with Gasteiger partial charge in [0.05, 0.1) is 4.90 Å². The van der Waals surface area contributed by atoms with Crippen molar-refractivity contribution < 1.29 is 27.1 Å². The fraction of sp³-hybridized carbons (Fsp3) is 0.500. The maximum atomic E-state index is 12.9. The first kappa shape index (κ1) is 21.0. The number of carbonyl (C=O) groups excluding carboxylic acids is 2. The van der Waals surface area contributed by atoms with Crippen LogP contribution in [0.1, 0.15) is 20.8 Å². The number of benzene rings is 1. The molecule has 140 valence electrons. The molecule has 0 heterocycles. The van der Waals surface area contributed by atoms with Gasteiger partial charge in [0.2, 0.25) is 10.0 Å². The Hall–Kier alpha value is -2.00. The Morgan fingerprint density at radius 3 is 2.28 bits per heavy atom. The van der Waals surface area contributed by atoms with E-state index in [2.05, 4.69) is 5.32 Å². The van der Waals surface area contributed by atoms with Gasteiger partial charge in [-0.15, -0.1) is 0 Å². The molecule has 1 aromatic carbocycles. The molecule has 0 aliphatic rings. The molecule has 0 fully saturated rings. The van der Waals surface area contributed by atoms with Crippen LogP contribution in [-0.2, 0) is 24.3 Å². The summed E-state index contributed by atoms with van der Waals surface area (Å²) in [5, 5.41) is 2.62. The van der Waals surface area contributed by atoms with Crippen molar-refractivity contribution >= 4 is 21.9 Å². The van der Waals surface area contributed by atoms with Crippen molar-refractivity contribution in [2.45, 2.75) is 31.8 Å². The van der Waals surface area contributed by atoms with E-state index in [0.717, 1.165) is 28.6 Å². The molecule has 1 rings (SSSR count). The molecule has 1 N–H and O–H groups in total. The molecule has 0 saturated carbocycles. The number of carbonyl (C=O) groups is 2. The van der Waals surface area contributed by atoms with Crippen LogP contribution in [0.4, 0.5) is 4.39 Å². The lowest BCUT2D eigenvalue weighted by Gasteiger charge is -2.18. The lowest BCUT2D eigenvalue weighted by Crippen LogP contribution is -2.40. The van der Waals surface area contributed by atoms with Crippen molar-refractivity contribution in [2.24, 2.45) is 5.92 Å². The van der Waals surface area contributed by atoms with Crippen molar-refractivity contribution in [1.29, 1.82) is 0 Å². The molecule has 1 amide bonds. The SMILES string of the molecule is CC(C)CNC(=O)[C@H](C)OC(=O)CN(C)S(=O)(=O)c1ccc(F)cc1. The van der Waals surface area contributed by atoms with Crippen LogP contribution in [0.25, 0.3) is 0 Å². The smallest absolute Gasteiger partial charge is 0.322 e. The standard InChI is InChI=1S/C16H23FN2O5S/c1-11(2)9-18-16(21)12(3)24-15(20)10-19(4)25(22,23)14-7-5-13(17)6-8-14/h5-8,11-12H,9-10H2,1-4H3,(H,18,21)/t12-/m0/s1. The van der Waals surface area contributed by atoms with Gasteiger partial charge in [-0.25, -0.2) is 12.8 Å². The zero-order valence-electron chi connectivity index (χ0n) is 14.7.